The SMILES string of the molecule is CC1(C)CN(Cc2cccs2)C(C2CCCCC2)CN1. The Bertz CT molecular complexity index is 407. The van der Waals surface area contributed by atoms with Crippen LogP contribution in [-0.4, -0.2) is 29.6 Å². The molecular weight excluding hydrogens is 264 g/mol. The maximum atomic E-state index is 3.78. The minimum absolute atomic E-state index is 0.252. The second-order valence-electron chi connectivity index (χ2n) is 7.21. The minimum atomic E-state index is 0.252. The van der Waals surface area contributed by atoms with Gasteiger partial charge in [0.05, 0.1) is 0 Å². The number of hydrogen-bond acceptors (Lipinski definition) is 3. The molecule has 1 atom stereocenters. The molecular formula is C17H28N2S. The fourth-order valence-electron chi connectivity index (χ4n) is 3.95. The highest BCUT2D eigenvalue weighted by molar-refractivity contribution is 7.09. The summed E-state index contributed by atoms with van der Waals surface area (Å²) >= 11 is 1.90. The maximum absolute atomic E-state index is 3.78. The van der Waals surface area contributed by atoms with Gasteiger partial charge in [-0.05, 0) is 44.1 Å². The van der Waals surface area contributed by atoms with Crippen molar-refractivity contribution in [2.24, 2.45) is 5.92 Å². The number of nitrogens with one attached hydrogen (secondary N) is 1. The standard InChI is InChI=1S/C17H28N2S/c1-17(2)13-19(12-15-9-6-10-20-15)16(11-18-17)14-7-4-3-5-8-14/h6,9-10,14,16,18H,3-5,7-8,11-13H2,1-2H3. The van der Waals surface area contributed by atoms with Crippen molar-refractivity contribution in [2.45, 2.75) is 64.1 Å². The molecule has 0 spiro atoms. The van der Waals surface area contributed by atoms with E-state index in [0.29, 0.717) is 0 Å². The topological polar surface area (TPSA) is 15.3 Å². The van der Waals surface area contributed by atoms with E-state index in [1.807, 2.05) is 11.3 Å². The molecule has 1 aliphatic heterocycles. The van der Waals surface area contributed by atoms with Gasteiger partial charge in [0.1, 0.15) is 0 Å². The Morgan fingerprint density at radius 2 is 2.10 bits per heavy atom. The smallest absolute Gasteiger partial charge is 0.0332 e. The summed E-state index contributed by atoms with van der Waals surface area (Å²) < 4.78 is 0. The van der Waals surface area contributed by atoms with Crippen LogP contribution >= 0.6 is 11.3 Å². The molecule has 0 bridgehead atoms. The van der Waals surface area contributed by atoms with Crippen LogP contribution in [0.5, 0.6) is 0 Å². The van der Waals surface area contributed by atoms with Crippen LogP contribution in [0.15, 0.2) is 17.5 Å². The van der Waals surface area contributed by atoms with Crippen molar-refractivity contribution >= 4 is 11.3 Å². The molecule has 0 aromatic carbocycles. The Morgan fingerprint density at radius 1 is 1.30 bits per heavy atom. The molecule has 0 radical (unpaired) electrons. The number of hydrogen-bond donors (Lipinski definition) is 1. The van der Waals surface area contributed by atoms with Crippen molar-refractivity contribution in [2.75, 3.05) is 13.1 Å². The molecule has 1 aromatic heterocycles. The third kappa shape index (κ3) is 3.44. The second-order valence-corrected chi connectivity index (χ2v) is 8.25. The molecule has 2 nitrogen and oxygen atoms in total. The monoisotopic (exact) mass is 292 g/mol. The molecule has 2 aliphatic rings. The van der Waals surface area contributed by atoms with Gasteiger partial charge in [0.2, 0.25) is 0 Å². The molecule has 2 heterocycles. The van der Waals surface area contributed by atoms with Crippen LogP contribution in [0.1, 0.15) is 50.8 Å². The summed E-state index contributed by atoms with van der Waals surface area (Å²) in [5.41, 5.74) is 0.252. The van der Waals surface area contributed by atoms with Crippen molar-refractivity contribution < 1.29 is 0 Å². The lowest BCUT2D eigenvalue weighted by Crippen LogP contribution is -2.63. The van der Waals surface area contributed by atoms with Gasteiger partial charge in [0, 0.05) is 36.1 Å². The van der Waals surface area contributed by atoms with Gasteiger partial charge in [0.15, 0.2) is 0 Å². The average Bonchev–Trinajstić information content (AvgIpc) is 2.92. The van der Waals surface area contributed by atoms with E-state index in [2.05, 4.69) is 41.6 Å². The molecule has 1 saturated heterocycles. The second kappa shape index (κ2) is 6.17. The summed E-state index contributed by atoms with van der Waals surface area (Å²) in [6, 6.07) is 5.21. The van der Waals surface area contributed by atoms with Crippen LogP contribution in [0.4, 0.5) is 0 Å². The summed E-state index contributed by atoms with van der Waals surface area (Å²) in [6.07, 6.45) is 7.21. The Hall–Kier alpha value is -0.380. The van der Waals surface area contributed by atoms with Gasteiger partial charge in [-0.3, -0.25) is 4.90 Å². The Morgan fingerprint density at radius 3 is 2.80 bits per heavy atom. The first kappa shape index (κ1) is 14.6. The fraction of sp³-hybridized carbons (Fsp3) is 0.765. The van der Waals surface area contributed by atoms with E-state index in [-0.39, 0.29) is 5.54 Å². The molecule has 1 aromatic rings. The number of rotatable bonds is 3. The molecule has 0 amide bonds. The van der Waals surface area contributed by atoms with E-state index in [9.17, 15) is 0 Å². The highest BCUT2D eigenvalue weighted by atomic mass is 32.1. The predicted octanol–water partition coefficient (Wildman–Crippen LogP) is 3.88. The van der Waals surface area contributed by atoms with Crippen LogP contribution in [0, 0.1) is 5.92 Å². The van der Waals surface area contributed by atoms with Gasteiger partial charge < -0.3 is 5.32 Å². The van der Waals surface area contributed by atoms with Crippen molar-refractivity contribution in [1.82, 2.24) is 10.2 Å². The highest BCUT2D eigenvalue weighted by Crippen LogP contribution is 2.32. The maximum Gasteiger partial charge on any atom is 0.0332 e. The first-order valence-corrected chi connectivity index (χ1v) is 9.03. The Labute approximate surface area is 127 Å². The first-order chi connectivity index (χ1) is 9.64. The van der Waals surface area contributed by atoms with E-state index in [4.69, 9.17) is 0 Å². The summed E-state index contributed by atoms with van der Waals surface area (Å²) in [7, 11) is 0. The van der Waals surface area contributed by atoms with Crippen molar-refractivity contribution in [3.63, 3.8) is 0 Å². The summed E-state index contributed by atoms with van der Waals surface area (Å²) in [4.78, 5) is 4.28. The lowest BCUT2D eigenvalue weighted by Gasteiger charge is -2.48. The molecule has 2 fully saturated rings. The summed E-state index contributed by atoms with van der Waals surface area (Å²) in [6.45, 7) is 8.16. The van der Waals surface area contributed by atoms with Crippen LogP contribution in [0.2, 0.25) is 0 Å². The van der Waals surface area contributed by atoms with E-state index < -0.39 is 0 Å². The van der Waals surface area contributed by atoms with Crippen LogP contribution in [0.3, 0.4) is 0 Å². The van der Waals surface area contributed by atoms with E-state index in [0.717, 1.165) is 18.5 Å². The van der Waals surface area contributed by atoms with Gasteiger partial charge in [-0.25, -0.2) is 0 Å². The number of piperazine rings is 1. The minimum Gasteiger partial charge on any atom is -0.309 e. The molecule has 3 rings (SSSR count). The van der Waals surface area contributed by atoms with E-state index >= 15 is 0 Å². The van der Waals surface area contributed by atoms with Gasteiger partial charge in [-0.2, -0.15) is 0 Å². The predicted molar refractivity (Wildman–Crippen MR) is 87.2 cm³/mol. The zero-order chi connectivity index (χ0) is 14.0. The average molecular weight is 292 g/mol. The lowest BCUT2D eigenvalue weighted by atomic mass is 9.81. The van der Waals surface area contributed by atoms with Crippen LogP contribution < -0.4 is 5.32 Å². The normalized spacial score (nSPS) is 28.6. The van der Waals surface area contributed by atoms with Crippen molar-refractivity contribution in [1.29, 1.82) is 0 Å². The van der Waals surface area contributed by atoms with Crippen molar-refractivity contribution in [3.05, 3.63) is 22.4 Å². The van der Waals surface area contributed by atoms with Gasteiger partial charge in [-0.1, -0.05) is 25.3 Å². The molecule has 1 N–H and O–H groups in total. The van der Waals surface area contributed by atoms with Crippen molar-refractivity contribution in [3.8, 4) is 0 Å². The van der Waals surface area contributed by atoms with Gasteiger partial charge in [-0.15, -0.1) is 11.3 Å². The molecule has 20 heavy (non-hydrogen) atoms. The van der Waals surface area contributed by atoms with E-state index in [1.165, 1.54) is 50.1 Å². The Kier molecular flexibility index (Phi) is 4.49. The zero-order valence-electron chi connectivity index (χ0n) is 12.9. The quantitative estimate of drug-likeness (QED) is 0.909. The van der Waals surface area contributed by atoms with Crippen LogP contribution in [-0.2, 0) is 6.54 Å². The lowest BCUT2D eigenvalue weighted by molar-refractivity contribution is 0.0426. The first-order valence-electron chi connectivity index (χ1n) is 8.15. The molecule has 3 heteroatoms. The van der Waals surface area contributed by atoms with Crippen LogP contribution in [0.25, 0.3) is 0 Å². The third-order valence-corrected chi connectivity index (χ3v) is 5.85. The molecule has 1 unspecified atom stereocenters. The molecule has 112 valence electrons. The highest BCUT2D eigenvalue weighted by Gasteiger charge is 2.36. The van der Waals surface area contributed by atoms with E-state index in [1.54, 1.807) is 0 Å². The third-order valence-electron chi connectivity index (χ3n) is 4.99. The summed E-state index contributed by atoms with van der Waals surface area (Å²) in [5.74, 6) is 0.910. The Balaban J connectivity index is 1.72. The fourth-order valence-corrected chi connectivity index (χ4v) is 4.68. The largest absolute Gasteiger partial charge is 0.309 e. The number of thiophene rings is 1. The van der Waals surface area contributed by atoms with Gasteiger partial charge >= 0.3 is 0 Å². The number of nitrogens with zero attached hydrogens (tertiary/aromatic N) is 1. The molecule has 1 aliphatic carbocycles. The summed E-state index contributed by atoms with van der Waals surface area (Å²) in [5, 5.41) is 5.98. The molecule has 1 saturated carbocycles. The van der Waals surface area contributed by atoms with Gasteiger partial charge in [0.25, 0.3) is 0 Å². The zero-order valence-corrected chi connectivity index (χ0v) is 13.7.